The molecule has 1 aliphatic heterocycles. The van der Waals surface area contributed by atoms with Crippen molar-refractivity contribution in [1.29, 1.82) is 0 Å². The average molecular weight is 323 g/mol. The van der Waals surface area contributed by atoms with Crippen LogP contribution in [-0.4, -0.2) is 41.0 Å². The number of nitro groups is 1. The van der Waals surface area contributed by atoms with Crippen LogP contribution in [0.4, 0.5) is 11.6 Å². The van der Waals surface area contributed by atoms with E-state index < -0.39 is 28.7 Å². The summed E-state index contributed by atoms with van der Waals surface area (Å²) in [5.74, 6) is -1.25. The van der Waals surface area contributed by atoms with Crippen LogP contribution >= 0.6 is 0 Å². The second-order valence-corrected chi connectivity index (χ2v) is 5.50. The number of esters is 1. The fourth-order valence-electron chi connectivity index (χ4n) is 2.01. The van der Waals surface area contributed by atoms with Gasteiger partial charge >= 0.3 is 11.8 Å². The molecule has 0 radical (unpaired) electrons. The Morgan fingerprint density at radius 3 is 2.78 bits per heavy atom. The number of amides is 1. The summed E-state index contributed by atoms with van der Waals surface area (Å²) in [6.45, 7) is 5.21. The van der Waals surface area contributed by atoms with Gasteiger partial charge in [-0.3, -0.25) is 9.69 Å². The van der Waals surface area contributed by atoms with Crippen molar-refractivity contribution in [3.8, 4) is 5.75 Å². The van der Waals surface area contributed by atoms with E-state index in [1.807, 2.05) is 13.8 Å². The molecule has 124 valence electrons. The first kappa shape index (κ1) is 16.7. The Morgan fingerprint density at radius 2 is 2.17 bits per heavy atom. The van der Waals surface area contributed by atoms with Crippen LogP contribution in [0.15, 0.2) is 12.1 Å². The number of aromatic nitrogens is 1. The third kappa shape index (κ3) is 3.55. The topological polar surface area (TPSA) is 112 Å². The van der Waals surface area contributed by atoms with E-state index in [9.17, 15) is 19.7 Å². The van der Waals surface area contributed by atoms with Crippen molar-refractivity contribution in [3.05, 3.63) is 22.2 Å². The molecule has 9 heteroatoms. The van der Waals surface area contributed by atoms with Gasteiger partial charge in [0.05, 0.1) is 6.61 Å². The van der Waals surface area contributed by atoms with Gasteiger partial charge in [0.25, 0.3) is 11.7 Å². The second kappa shape index (κ2) is 6.59. The molecule has 1 atom stereocenters. The predicted octanol–water partition coefficient (Wildman–Crippen LogP) is 1.30. The van der Waals surface area contributed by atoms with Crippen LogP contribution in [0.1, 0.15) is 20.8 Å². The van der Waals surface area contributed by atoms with E-state index in [0.717, 1.165) is 4.90 Å². The summed E-state index contributed by atoms with van der Waals surface area (Å²) in [5, 5.41) is 10.9. The summed E-state index contributed by atoms with van der Waals surface area (Å²) in [6, 6.07) is 1.57. The Labute approximate surface area is 132 Å². The van der Waals surface area contributed by atoms with Gasteiger partial charge in [0, 0.05) is 6.07 Å². The van der Waals surface area contributed by atoms with Crippen molar-refractivity contribution in [1.82, 2.24) is 4.98 Å². The Hall–Kier alpha value is -2.71. The summed E-state index contributed by atoms with van der Waals surface area (Å²) in [6.07, 6.45) is 0. The Morgan fingerprint density at radius 1 is 1.48 bits per heavy atom. The number of ether oxygens (including phenoxy) is 2. The van der Waals surface area contributed by atoms with Gasteiger partial charge in [0.2, 0.25) is 0 Å². The maximum atomic E-state index is 12.1. The molecular formula is C14H17N3O6. The minimum Gasteiger partial charge on any atom is -0.477 e. The molecule has 1 amide bonds. The van der Waals surface area contributed by atoms with Gasteiger partial charge < -0.3 is 19.6 Å². The SMILES string of the molecule is CC(C)COC(=O)C(C)N1C(=O)COc2ccc([N+](=O)[O-])nc21. The number of fused-ring (bicyclic) bond motifs is 1. The van der Waals surface area contributed by atoms with Crippen molar-refractivity contribution in [2.45, 2.75) is 26.8 Å². The Bertz CT molecular complexity index is 645. The van der Waals surface area contributed by atoms with Crippen molar-refractivity contribution in [3.63, 3.8) is 0 Å². The Balaban J connectivity index is 2.31. The van der Waals surface area contributed by atoms with Crippen LogP contribution in [0.3, 0.4) is 0 Å². The van der Waals surface area contributed by atoms with Crippen LogP contribution < -0.4 is 9.64 Å². The van der Waals surface area contributed by atoms with E-state index in [2.05, 4.69) is 4.98 Å². The molecular weight excluding hydrogens is 306 g/mol. The third-order valence-electron chi connectivity index (χ3n) is 3.15. The zero-order valence-corrected chi connectivity index (χ0v) is 13.0. The highest BCUT2D eigenvalue weighted by Gasteiger charge is 2.38. The molecule has 0 aliphatic carbocycles. The van der Waals surface area contributed by atoms with E-state index in [1.165, 1.54) is 19.1 Å². The summed E-state index contributed by atoms with van der Waals surface area (Å²) < 4.78 is 10.3. The molecule has 1 aromatic heterocycles. The number of carbonyl (C=O) groups excluding carboxylic acids is 2. The lowest BCUT2D eigenvalue weighted by Crippen LogP contribution is -2.49. The highest BCUT2D eigenvalue weighted by Crippen LogP contribution is 2.33. The van der Waals surface area contributed by atoms with Crippen LogP contribution in [0.2, 0.25) is 0 Å². The van der Waals surface area contributed by atoms with Gasteiger partial charge in [-0.15, -0.1) is 0 Å². The lowest BCUT2D eigenvalue weighted by atomic mass is 10.2. The van der Waals surface area contributed by atoms with Crippen LogP contribution in [0, 0.1) is 16.0 Å². The first-order valence-corrected chi connectivity index (χ1v) is 7.08. The highest BCUT2D eigenvalue weighted by atomic mass is 16.6. The largest absolute Gasteiger partial charge is 0.477 e. The number of pyridine rings is 1. The molecule has 2 rings (SSSR count). The van der Waals surface area contributed by atoms with E-state index in [0.29, 0.717) is 0 Å². The number of carbonyl (C=O) groups is 2. The van der Waals surface area contributed by atoms with Crippen molar-refractivity contribution in [2.75, 3.05) is 18.1 Å². The maximum Gasteiger partial charge on any atom is 0.366 e. The summed E-state index contributed by atoms with van der Waals surface area (Å²) in [5.41, 5.74) is 0. The smallest absolute Gasteiger partial charge is 0.366 e. The fraction of sp³-hybridized carbons (Fsp3) is 0.500. The molecule has 0 spiro atoms. The molecule has 0 N–H and O–H groups in total. The lowest BCUT2D eigenvalue weighted by molar-refractivity contribution is -0.389. The van der Waals surface area contributed by atoms with Crippen molar-refractivity contribution >= 4 is 23.5 Å². The molecule has 1 aromatic rings. The van der Waals surface area contributed by atoms with Crippen LogP contribution in [-0.2, 0) is 14.3 Å². The van der Waals surface area contributed by atoms with E-state index in [-0.39, 0.29) is 30.7 Å². The third-order valence-corrected chi connectivity index (χ3v) is 3.15. The van der Waals surface area contributed by atoms with E-state index >= 15 is 0 Å². The molecule has 0 fully saturated rings. The Kier molecular flexibility index (Phi) is 4.77. The standard InChI is InChI=1S/C14H17N3O6/c1-8(2)6-23-14(19)9(3)16-12(18)7-22-10-4-5-11(17(20)21)15-13(10)16/h4-5,8-9H,6-7H2,1-3H3. The highest BCUT2D eigenvalue weighted by molar-refractivity contribution is 6.01. The molecule has 1 aliphatic rings. The maximum absolute atomic E-state index is 12.1. The number of hydrogen-bond donors (Lipinski definition) is 0. The molecule has 0 aromatic carbocycles. The second-order valence-electron chi connectivity index (χ2n) is 5.50. The van der Waals surface area contributed by atoms with Gasteiger partial charge in [-0.1, -0.05) is 13.8 Å². The van der Waals surface area contributed by atoms with Gasteiger partial charge in [0.1, 0.15) is 6.04 Å². The summed E-state index contributed by atoms with van der Waals surface area (Å²) in [7, 11) is 0. The van der Waals surface area contributed by atoms with Crippen LogP contribution in [0.5, 0.6) is 5.75 Å². The minimum absolute atomic E-state index is 0.0514. The number of hydrogen-bond acceptors (Lipinski definition) is 7. The monoisotopic (exact) mass is 323 g/mol. The molecule has 2 heterocycles. The fourth-order valence-corrected chi connectivity index (χ4v) is 2.01. The minimum atomic E-state index is -0.960. The zero-order valence-electron chi connectivity index (χ0n) is 13.0. The van der Waals surface area contributed by atoms with Crippen molar-refractivity contribution in [2.24, 2.45) is 5.92 Å². The molecule has 23 heavy (non-hydrogen) atoms. The van der Waals surface area contributed by atoms with Gasteiger partial charge in [0.15, 0.2) is 12.4 Å². The van der Waals surface area contributed by atoms with Crippen molar-refractivity contribution < 1.29 is 24.0 Å². The average Bonchev–Trinajstić information content (AvgIpc) is 2.51. The number of rotatable bonds is 5. The first-order chi connectivity index (χ1) is 10.8. The molecule has 9 nitrogen and oxygen atoms in total. The predicted molar refractivity (Wildman–Crippen MR) is 79.1 cm³/mol. The van der Waals surface area contributed by atoms with E-state index in [1.54, 1.807) is 0 Å². The van der Waals surface area contributed by atoms with E-state index in [4.69, 9.17) is 9.47 Å². The molecule has 1 unspecified atom stereocenters. The lowest BCUT2D eigenvalue weighted by Gasteiger charge is -2.29. The molecule has 0 saturated heterocycles. The quantitative estimate of drug-likeness (QED) is 0.456. The summed E-state index contributed by atoms with van der Waals surface area (Å²) in [4.78, 5) is 39.3. The van der Waals surface area contributed by atoms with Crippen LogP contribution in [0.25, 0.3) is 0 Å². The normalized spacial score (nSPS) is 15.0. The van der Waals surface area contributed by atoms with Gasteiger partial charge in [-0.2, -0.15) is 0 Å². The zero-order chi connectivity index (χ0) is 17.1. The summed E-state index contributed by atoms with van der Waals surface area (Å²) >= 11 is 0. The number of anilines is 1. The number of nitrogens with zero attached hydrogens (tertiary/aromatic N) is 3. The molecule has 0 bridgehead atoms. The first-order valence-electron chi connectivity index (χ1n) is 7.08. The van der Waals surface area contributed by atoms with Gasteiger partial charge in [-0.25, -0.2) is 4.79 Å². The van der Waals surface area contributed by atoms with Gasteiger partial charge in [-0.05, 0) is 28.8 Å². The molecule has 0 saturated carbocycles.